The maximum Gasteiger partial charge on any atom is 0.328 e. The van der Waals surface area contributed by atoms with Crippen molar-refractivity contribution in [2.45, 2.75) is 26.5 Å². The number of nitrogens with one attached hydrogen (secondary N) is 1. The van der Waals surface area contributed by atoms with Gasteiger partial charge < -0.3 is 15.2 Å². The van der Waals surface area contributed by atoms with E-state index in [2.05, 4.69) is 5.32 Å². The zero-order valence-corrected chi connectivity index (χ0v) is 12.3. The fraction of sp³-hybridized carbons (Fsp3) is 0.375. The SMILES string of the molecule is CC(C)[C@H](COCc1ccccc1)NC(=O)/C=C\C(=O)O. The van der Waals surface area contributed by atoms with Crippen molar-refractivity contribution >= 4 is 11.9 Å². The summed E-state index contributed by atoms with van der Waals surface area (Å²) < 4.78 is 5.61. The normalized spacial score (nSPS) is 12.5. The molecule has 0 spiro atoms. The van der Waals surface area contributed by atoms with E-state index in [1.54, 1.807) is 0 Å². The topological polar surface area (TPSA) is 75.6 Å². The van der Waals surface area contributed by atoms with Crippen LogP contribution in [-0.4, -0.2) is 29.6 Å². The molecule has 0 aliphatic rings. The summed E-state index contributed by atoms with van der Waals surface area (Å²) in [7, 11) is 0. The van der Waals surface area contributed by atoms with E-state index in [1.165, 1.54) is 0 Å². The monoisotopic (exact) mass is 291 g/mol. The van der Waals surface area contributed by atoms with Gasteiger partial charge in [-0.3, -0.25) is 4.79 Å². The Morgan fingerprint density at radius 2 is 1.90 bits per heavy atom. The summed E-state index contributed by atoms with van der Waals surface area (Å²) in [6.07, 6.45) is 1.83. The highest BCUT2D eigenvalue weighted by molar-refractivity contribution is 5.94. The van der Waals surface area contributed by atoms with Crippen molar-refractivity contribution in [2.24, 2.45) is 5.92 Å². The highest BCUT2D eigenvalue weighted by Crippen LogP contribution is 2.06. The minimum atomic E-state index is -1.15. The number of benzene rings is 1. The number of carbonyl (C=O) groups is 2. The Hall–Kier alpha value is -2.14. The first kappa shape index (κ1) is 16.9. The summed E-state index contributed by atoms with van der Waals surface area (Å²) in [5.74, 6) is -1.39. The van der Waals surface area contributed by atoms with Crippen molar-refractivity contribution in [1.29, 1.82) is 0 Å². The Morgan fingerprint density at radius 1 is 1.24 bits per heavy atom. The van der Waals surface area contributed by atoms with Crippen LogP contribution in [0.15, 0.2) is 42.5 Å². The second-order valence-electron chi connectivity index (χ2n) is 5.03. The average molecular weight is 291 g/mol. The lowest BCUT2D eigenvalue weighted by Crippen LogP contribution is -2.41. The smallest absolute Gasteiger partial charge is 0.328 e. The number of aliphatic carboxylic acids is 1. The molecule has 1 aromatic rings. The van der Waals surface area contributed by atoms with E-state index in [0.29, 0.717) is 13.2 Å². The van der Waals surface area contributed by atoms with Crippen LogP contribution in [0.25, 0.3) is 0 Å². The Bertz CT molecular complexity index is 482. The van der Waals surface area contributed by atoms with Crippen LogP contribution in [-0.2, 0) is 20.9 Å². The first-order valence-electron chi connectivity index (χ1n) is 6.82. The molecule has 1 rings (SSSR count). The van der Waals surface area contributed by atoms with Crippen LogP contribution in [0, 0.1) is 5.92 Å². The van der Waals surface area contributed by atoms with Gasteiger partial charge in [0.1, 0.15) is 0 Å². The first-order chi connectivity index (χ1) is 9.99. The molecule has 21 heavy (non-hydrogen) atoms. The number of rotatable bonds is 8. The lowest BCUT2D eigenvalue weighted by molar-refractivity contribution is -0.131. The number of amides is 1. The first-order valence-corrected chi connectivity index (χ1v) is 6.82. The summed E-state index contributed by atoms with van der Waals surface area (Å²) >= 11 is 0. The molecule has 114 valence electrons. The number of ether oxygens (including phenoxy) is 1. The van der Waals surface area contributed by atoms with E-state index in [9.17, 15) is 9.59 Å². The lowest BCUT2D eigenvalue weighted by atomic mass is 10.1. The quantitative estimate of drug-likeness (QED) is 0.718. The third kappa shape index (κ3) is 7.27. The van der Waals surface area contributed by atoms with Gasteiger partial charge in [0.2, 0.25) is 5.91 Å². The van der Waals surface area contributed by atoms with Gasteiger partial charge in [-0.25, -0.2) is 4.79 Å². The molecule has 0 aliphatic heterocycles. The predicted octanol–water partition coefficient (Wildman–Crippen LogP) is 1.98. The molecule has 0 bridgehead atoms. The van der Waals surface area contributed by atoms with Crippen LogP contribution in [0.4, 0.5) is 0 Å². The van der Waals surface area contributed by atoms with Crippen molar-refractivity contribution in [1.82, 2.24) is 5.32 Å². The van der Waals surface area contributed by atoms with Gasteiger partial charge in [0.15, 0.2) is 0 Å². The molecule has 0 fully saturated rings. The fourth-order valence-corrected chi connectivity index (χ4v) is 1.66. The van der Waals surface area contributed by atoms with Crippen LogP contribution in [0.3, 0.4) is 0 Å². The van der Waals surface area contributed by atoms with Crippen molar-refractivity contribution in [3.63, 3.8) is 0 Å². The largest absolute Gasteiger partial charge is 0.478 e. The fourth-order valence-electron chi connectivity index (χ4n) is 1.66. The van der Waals surface area contributed by atoms with Gasteiger partial charge in [0.25, 0.3) is 0 Å². The Morgan fingerprint density at radius 3 is 2.48 bits per heavy atom. The van der Waals surface area contributed by atoms with Gasteiger partial charge in [-0.1, -0.05) is 44.2 Å². The number of carboxylic acids is 1. The van der Waals surface area contributed by atoms with Crippen molar-refractivity contribution in [3.05, 3.63) is 48.0 Å². The number of hydrogen-bond donors (Lipinski definition) is 2. The van der Waals surface area contributed by atoms with E-state index in [0.717, 1.165) is 17.7 Å². The zero-order chi connectivity index (χ0) is 15.7. The maximum atomic E-state index is 11.6. The van der Waals surface area contributed by atoms with Crippen LogP contribution in [0.1, 0.15) is 19.4 Å². The molecular formula is C16H21NO4. The third-order valence-corrected chi connectivity index (χ3v) is 2.92. The number of carboxylic acid groups (broad SMARTS) is 1. The van der Waals surface area contributed by atoms with E-state index in [-0.39, 0.29) is 12.0 Å². The Labute approximate surface area is 124 Å². The standard InChI is InChI=1S/C16H21NO4/c1-12(2)14(17-15(18)8-9-16(19)20)11-21-10-13-6-4-3-5-7-13/h3-9,12,14H,10-11H2,1-2H3,(H,17,18)(H,19,20)/b9-8-/t14-/m0/s1. The van der Waals surface area contributed by atoms with E-state index < -0.39 is 11.9 Å². The zero-order valence-electron chi connectivity index (χ0n) is 12.3. The van der Waals surface area contributed by atoms with E-state index in [1.807, 2.05) is 44.2 Å². The van der Waals surface area contributed by atoms with Gasteiger partial charge >= 0.3 is 5.97 Å². The van der Waals surface area contributed by atoms with Gasteiger partial charge in [-0.15, -0.1) is 0 Å². The van der Waals surface area contributed by atoms with Gasteiger partial charge in [0.05, 0.1) is 19.3 Å². The summed E-state index contributed by atoms with van der Waals surface area (Å²) in [6, 6.07) is 9.60. The van der Waals surface area contributed by atoms with Gasteiger partial charge in [-0.05, 0) is 11.5 Å². The molecule has 1 atom stereocenters. The minimum absolute atomic E-state index is 0.167. The van der Waals surface area contributed by atoms with Crippen molar-refractivity contribution < 1.29 is 19.4 Å². The van der Waals surface area contributed by atoms with E-state index in [4.69, 9.17) is 9.84 Å². The molecule has 1 amide bonds. The molecule has 5 heteroatoms. The lowest BCUT2D eigenvalue weighted by Gasteiger charge is -2.21. The third-order valence-electron chi connectivity index (χ3n) is 2.92. The molecule has 0 unspecified atom stereocenters. The molecular weight excluding hydrogens is 270 g/mol. The van der Waals surface area contributed by atoms with Crippen LogP contribution in [0.5, 0.6) is 0 Å². The highest BCUT2D eigenvalue weighted by atomic mass is 16.5. The Balaban J connectivity index is 2.43. The number of hydrogen-bond acceptors (Lipinski definition) is 3. The summed E-state index contributed by atoms with van der Waals surface area (Å²) in [4.78, 5) is 21.9. The molecule has 5 nitrogen and oxygen atoms in total. The van der Waals surface area contributed by atoms with Crippen LogP contribution in [0.2, 0.25) is 0 Å². The molecule has 0 saturated heterocycles. The van der Waals surface area contributed by atoms with Crippen LogP contribution < -0.4 is 5.32 Å². The van der Waals surface area contributed by atoms with Gasteiger partial charge in [-0.2, -0.15) is 0 Å². The van der Waals surface area contributed by atoms with E-state index >= 15 is 0 Å². The maximum absolute atomic E-state index is 11.6. The highest BCUT2D eigenvalue weighted by Gasteiger charge is 2.15. The van der Waals surface area contributed by atoms with Crippen LogP contribution >= 0.6 is 0 Å². The van der Waals surface area contributed by atoms with Crippen molar-refractivity contribution in [3.8, 4) is 0 Å². The second-order valence-corrected chi connectivity index (χ2v) is 5.03. The molecule has 0 radical (unpaired) electrons. The summed E-state index contributed by atoms with van der Waals surface area (Å²) in [6.45, 7) is 4.79. The molecule has 2 N–H and O–H groups in total. The predicted molar refractivity (Wildman–Crippen MR) is 79.6 cm³/mol. The molecule has 0 aromatic heterocycles. The molecule has 0 saturated carbocycles. The average Bonchev–Trinajstić information content (AvgIpc) is 2.45. The molecule has 0 heterocycles. The summed E-state index contributed by atoms with van der Waals surface area (Å²) in [5, 5.41) is 11.2. The number of carbonyl (C=O) groups excluding carboxylic acids is 1. The minimum Gasteiger partial charge on any atom is -0.478 e. The Kier molecular flexibility index (Phi) is 7.18. The van der Waals surface area contributed by atoms with Gasteiger partial charge in [0, 0.05) is 12.2 Å². The van der Waals surface area contributed by atoms with Crippen molar-refractivity contribution in [2.75, 3.05) is 6.61 Å². The summed E-state index contributed by atoms with van der Waals surface area (Å²) in [5.41, 5.74) is 1.07. The molecule has 0 aliphatic carbocycles. The molecule has 1 aromatic carbocycles. The second kappa shape index (κ2) is 8.92.